The maximum absolute atomic E-state index is 12.4. The van der Waals surface area contributed by atoms with Crippen molar-refractivity contribution in [3.05, 3.63) is 48.4 Å². The molecular formula is C21H26N4O2. The third kappa shape index (κ3) is 4.17. The van der Waals surface area contributed by atoms with Crippen LogP contribution in [0.4, 0.5) is 0 Å². The van der Waals surface area contributed by atoms with Gasteiger partial charge in [0.05, 0.1) is 11.3 Å². The Labute approximate surface area is 160 Å². The molecule has 2 aliphatic rings. The Bertz CT molecular complexity index is 784. The molecule has 0 spiro atoms. The average Bonchev–Trinajstić information content (AvgIpc) is 2.71. The zero-order valence-corrected chi connectivity index (χ0v) is 15.7. The number of carbonyl (C=O) groups is 1. The number of hydrogen-bond donors (Lipinski definition) is 1. The molecule has 6 nitrogen and oxygen atoms in total. The summed E-state index contributed by atoms with van der Waals surface area (Å²) in [5.41, 5.74) is 1.87. The first-order valence-corrected chi connectivity index (χ1v) is 9.64. The number of benzene rings is 1. The van der Waals surface area contributed by atoms with Crippen LogP contribution in [0.2, 0.25) is 0 Å². The van der Waals surface area contributed by atoms with Crippen molar-refractivity contribution in [2.75, 3.05) is 32.8 Å². The first kappa shape index (κ1) is 18.1. The number of hydrogen-bond acceptors (Lipinski definition) is 5. The molecule has 6 heteroatoms. The molecule has 1 N–H and O–H groups in total. The van der Waals surface area contributed by atoms with Crippen LogP contribution in [0.3, 0.4) is 0 Å². The van der Waals surface area contributed by atoms with Crippen molar-refractivity contribution in [2.45, 2.75) is 31.3 Å². The summed E-state index contributed by atoms with van der Waals surface area (Å²) in [6.07, 6.45) is 3.62. The number of ether oxygens (including phenoxy) is 1. The molecule has 142 valence electrons. The maximum atomic E-state index is 12.4. The van der Waals surface area contributed by atoms with Gasteiger partial charge >= 0.3 is 0 Å². The lowest BCUT2D eigenvalue weighted by atomic mass is 9.95. The van der Waals surface area contributed by atoms with E-state index in [0.717, 1.165) is 56.1 Å². The van der Waals surface area contributed by atoms with Crippen molar-refractivity contribution in [1.29, 1.82) is 0 Å². The molecule has 0 bridgehead atoms. The van der Waals surface area contributed by atoms with Crippen LogP contribution in [-0.4, -0.2) is 59.2 Å². The summed E-state index contributed by atoms with van der Waals surface area (Å²) in [6, 6.07) is 12.1. The summed E-state index contributed by atoms with van der Waals surface area (Å²) >= 11 is 0. The van der Waals surface area contributed by atoms with E-state index < -0.39 is 0 Å². The molecule has 0 unspecified atom stereocenters. The minimum absolute atomic E-state index is 0.0838. The normalized spacial score (nSPS) is 19.5. The van der Waals surface area contributed by atoms with Crippen LogP contribution >= 0.6 is 0 Å². The molecule has 2 fully saturated rings. The number of aromatic nitrogens is 2. The van der Waals surface area contributed by atoms with Gasteiger partial charge in [-0.05, 0) is 25.8 Å². The molecule has 0 aliphatic carbocycles. The summed E-state index contributed by atoms with van der Waals surface area (Å²) in [6.45, 7) is 5.32. The van der Waals surface area contributed by atoms with E-state index in [1.165, 1.54) is 0 Å². The number of nitrogens with one attached hydrogen (secondary N) is 1. The molecule has 27 heavy (non-hydrogen) atoms. The highest BCUT2D eigenvalue weighted by molar-refractivity contribution is 5.77. The molecule has 1 amide bonds. The molecule has 3 heterocycles. The third-order valence-electron chi connectivity index (χ3n) is 5.50. The Morgan fingerprint density at radius 3 is 2.63 bits per heavy atom. The zero-order valence-electron chi connectivity index (χ0n) is 15.7. The number of rotatable bonds is 5. The van der Waals surface area contributed by atoms with Gasteiger partial charge in [-0.1, -0.05) is 30.3 Å². The number of amides is 1. The summed E-state index contributed by atoms with van der Waals surface area (Å²) in [4.78, 5) is 23.6. The Morgan fingerprint density at radius 1 is 1.22 bits per heavy atom. The molecule has 2 saturated heterocycles. The molecule has 4 rings (SSSR count). The first-order valence-electron chi connectivity index (χ1n) is 9.64. The second-order valence-corrected chi connectivity index (χ2v) is 7.66. The minimum atomic E-state index is -0.181. The second-order valence-electron chi connectivity index (χ2n) is 7.66. The molecule has 0 atom stereocenters. The fourth-order valence-electron chi connectivity index (χ4n) is 3.63. The average molecular weight is 366 g/mol. The molecule has 0 radical (unpaired) electrons. The molecule has 2 aromatic rings. The Morgan fingerprint density at radius 2 is 1.96 bits per heavy atom. The van der Waals surface area contributed by atoms with Gasteiger partial charge in [-0.15, -0.1) is 0 Å². The number of nitrogens with zero attached hydrogens (tertiary/aromatic N) is 3. The predicted octanol–water partition coefficient (Wildman–Crippen LogP) is 2.23. The lowest BCUT2D eigenvalue weighted by Gasteiger charge is -2.39. The summed E-state index contributed by atoms with van der Waals surface area (Å²) in [5, 5.41) is 3.18. The third-order valence-corrected chi connectivity index (χ3v) is 5.50. The van der Waals surface area contributed by atoms with E-state index >= 15 is 0 Å². The van der Waals surface area contributed by atoms with Gasteiger partial charge in [0.15, 0.2) is 0 Å². The minimum Gasteiger partial charge on any atom is -0.363 e. The standard InChI is InChI=1S/C21H26N4O2/c1-21(14-22-15-21)27-13-19(26)25-11-8-17(9-12-25)20-23-10-7-18(24-20)16-5-3-2-4-6-16/h2-7,10,17,22H,8-9,11-15H2,1H3. The molecule has 1 aromatic heterocycles. The highest BCUT2D eigenvalue weighted by Crippen LogP contribution is 2.27. The van der Waals surface area contributed by atoms with E-state index in [9.17, 15) is 4.79 Å². The van der Waals surface area contributed by atoms with E-state index in [0.29, 0.717) is 5.92 Å². The SMILES string of the molecule is CC1(OCC(=O)N2CCC(c3nccc(-c4ccccc4)n3)CC2)CNC1. The van der Waals surface area contributed by atoms with Crippen LogP contribution in [-0.2, 0) is 9.53 Å². The molecule has 2 aliphatic heterocycles. The van der Waals surface area contributed by atoms with Gasteiger partial charge in [0.1, 0.15) is 12.4 Å². The summed E-state index contributed by atoms with van der Waals surface area (Å²) < 4.78 is 5.78. The van der Waals surface area contributed by atoms with Gasteiger partial charge in [0.2, 0.25) is 5.91 Å². The monoisotopic (exact) mass is 366 g/mol. The van der Waals surface area contributed by atoms with Gasteiger partial charge in [0.25, 0.3) is 0 Å². The summed E-state index contributed by atoms with van der Waals surface area (Å²) in [5.74, 6) is 1.26. The highest BCUT2D eigenvalue weighted by Gasteiger charge is 2.34. The molecular weight excluding hydrogens is 340 g/mol. The summed E-state index contributed by atoms with van der Waals surface area (Å²) in [7, 11) is 0. The molecule has 1 aromatic carbocycles. The van der Waals surface area contributed by atoms with Gasteiger partial charge in [-0.25, -0.2) is 9.97 Å². The fourth-order valence-corrected chi connectivity index (χ4v) is 3.63. The number of carbonyl (C=O) groups excluding carboxylic acids is 1. The van der Waals surface area contributed by atoms with Gasteiger partial charge in [-0.3, -0.25) is 4.79 Å². The van der Waals surface area contributed by atoms with Crippen molar-refractivity contribution in [1.82, 2.24) is 20.2 Å². The van der Waals surface area contributed by atoms with E-state index in [-0.39, 0.29) is 18.1 Å². The lowest BCUT2D eigenvalue weighted by Crippen LogP contribution is -2.59. The van der Waals surface area contributed by atoms with Crippen LogP contribution < -0.4 is 5.32 Å². The van der Waals surface area contributed by atoms with E-state index in [2.05, 4.69) is 22.4 Å². The second kappa shape index (κ2) is 7.74. The quantitative estimate of drug-likeness (QED) is 0.879. The Hall–Kier alpha value is -2.31. The fraction of sp³-hybridized carbons (Fsp3) is 0.476. The van der Waals surface area contributed by atoms with Crippen LogP contribution in [0.1, 0.15) is 31.5 Å². The largest absolute Gasteiger partial charge is 0.363 e. The van der Waals surface area contributed by atoms with E-state index in [1.54, 1.807) is 0 Å². The van der Waals surface area contributed by atoms with Crippen molar-refractivity contribution in [3.8, 4) is 11.3 Å². The smallest absolute Gasteiger partial charge is 0.248 e. The maximum Gasteiger partial charge on any atom is 0.248 e. The van der Waals surface area contributed by atoms with E-state index in [4.69, 9.17) is 9.72 Å². The van der Waals surface area contributed by atoms with Crippen LogP contribution in [0.5, 0.6) is 0 Å². The van der Waals surface area contributed by atoms with Crippen LogP contribution in [0.25, 0.3) is 11.3 Å². The van der Waals surface area contributed by atoms with Crippen LogP contribution in [0.15, 0.2) is 42.6 Å². The van der Waals surface area contributed by atoms with Gasteiger partial charge < -0.3 is 15.0 Å². The van der Waals surface area contributed by atoms with Crippen molar-refractivity contribution >= 4 is 5.91 Å². The van der Waals surface area contributed by atoms with Crippen molar-refractivity contribution < 1.29 is 9.53 Å². The lowest BCUT2D eigenvalue weighted by molar-refractivity contribution is -0.147. The van der Waals surface area contributed by atoms with Gasteiger partial charge in [0, 0.05) is 43.9 Å². The van der Waals surface area contributed by atoms with Crippen LogP contribution in [0, 0.1) is 0 Å². The molecule has 0 saturated carbocycles. The van der Waals surface area contributed by atoms with Crippen molar-refractivity contribution in [3.63, 3.8) is 0 Å². The number of likely N-dealkylation sites (tertiary alicyclic amines) is 1. The Kier molecular flexibility index (Phi) is 5.18. The topological polar surface area (TPSA) is 67.3 Å². The Balaban J connectivity index is 1.33. The van der Waals surface area contributed by atoms with Crippen molar-refractivity contribution in [2.24, 2.45) is 0 Å². The van der Waals surface area contributed by atoms with Gasteiger partial charge in [-0.2, -0.15) is 0 Å². The first-order chi connectivity index (χ1) is 13.1. The number of piperidine rings is 1. The van der Waals surface area contributed by atoms with E-state index in [1.807, 2.05) is 42.3 Å². The predicted molar refractivity (Wildman–Crippen MR) is 103 cm³/mol. The zero-order chi connectivity index (χ0) is 18.7. The highest BCUT2D eigenvalue weighted by atomic mass is 16.5.